The summed E-state index contributed by atoms with van der Waals surface area (Å²) < 4.78 is 5.42. The van der Waals surface area contributed by atoms with E-state index in [-0.39, 0.29) is 12.1 Å². The lowest BCUT2D eigenvalue weighted by molar-refractivity contribution is 0.174. The highest BCUT2D eigenvalue weighted by Crippen LogP contribution is 2.27. The van der Waals surface area contributed by atoms with Crippen molar-refractivity contribution in [2.24, 2.45) is 5.84 Å². The highest BCUT2D eigenvalue weighted by molar-refractivity contribution is 5.30. The average molecular weight is 279 g/mol. The highest BCUT2D eigenvalue weighted by atomic mass is 16.5. The Hall–Kier alpha value is -1.21. The van der Waals surface area contributed by atoms with Crippen LogP contribution < -0.4 is 16.0 Å². The Bertz CT molecular complexity index is 428. The monoisotopic (exact) mass is 279 g/mol. The van der Waals surface area contributed by atoms with E-state index in [0.29, 0.717) is 0 Å². The van der Waals surface area contributed by atoms with Crippen LogP contribution in [-0.2, 0) is 0 Å². The number of aromatic nitrogens is 1. The fourth-order valence-electron chi connectivity index (χ4n) is 2.85. The van der Waals surface area contributed by atoms with E-state index < -0.39 is 0 Å². The molecule has 0 radical (unpaired) electrons. The van der Waals surface area contributed by atoms with E-state index in [1.54, 1.807) is 13.3 Å². The summed E-state index contributed by atoms with van der Waals surface area (Å²) >= 11 is 0. The number of nitrogens with zero attached hydrogens (tertiary/aromatic N) is 3. The molecule has 0 amide bonds. The lowest BCUT2D eigenvalue weighted by Gasteiger charge is -2.34. The average Bonchev–Trinajstić information content (AvgIpc) is 2.62. The van der Waals surface area contributed by atoms with Crippen LogP contribution in [0.2, 0.25) is 0 Å². The van der Waals surface area contributed by atoms with Gasteiger partial charge in [0.15, 0.2) is 0 Å². The van der Waals surface area contributed by atoms with Crippen LogP contribution in [0.25, 0.3) is 0 Å². The van der Waals surface area contributed by atoms with Gasteiger partial charge in [-0.2, -0.15) is 0 Å². The molecule has 0 aromatic carbocycles. The summed E-state index contributed by atoms with van der Waals surface area (Å²) in [6, 6.07) is 4.00. The van der Waals surface area contributed by atoms with Gasteiger partial charge in [-0.05, 0) is 45.7 Å². The third-order valence-electron chi connectivity index (χ3n) is 3.99. The quantitative estimate of drug-likeness (QED) is 0.607. The predicted molar refractivity (Wildman–Crippen MR) is 79.4 cm³/mol. The maximum Gasteiger partial charge on any atom is 0.142 e. The molecule has 2 heterocycles. The SMILES string of the molecule is COc1cccnc1C(NN)C1CN(C)CCCN1C. The van der Waals surface area contributed by atoms with Crippen LogP contribution in [0.1, 0.15) is 18.2 Å². The molecule has 1 aromatic heterocycles. The molecule has 112 valence electrons. The molecule has 0 spiro atoms. The molecular weight excluding hydrogens is 254 g/mol. The predicted octanol–water partition coefficient (Wildman–Crippen LogP) is 0.231. The summed E-state index contributed by atoms with van der Waals surface area (Å²) in [5.74, 6) is 6.60. The molecule has 1 aliphatic heterocycles. The summed E-state index contributed by atoms with van der Waals surface area (Å²) in [5, 5.41) is 0. The normalized spacial score (nSPS) is 23.3. The number of hydrogen-bond donors (Lipinski definition) is 2. The van der Waals surface area contributed by atoms with E-state index in [1.165, 1.54) is 6.42 Å². The lowest BCUT2D eigenvalue weighted by Crippen LogP contribution is -2.49. The van der Waals surface area contributed by atoms with Gasteiger partial charge in [0.1, 0.15) is 11.4 Å². The van der Waals surface area contributed by atoms with E-state index in [0.717, 1.165) is 31.1 Å². The smallest absolute Gasteiger partial charge is 0.142 e. The molecule has 1 fully saturated rings. The molecule has 20 heavy (non-hydrogen) atoms. The number of nitrogens with two attached hydrogens (primary N) is 1. The molecule has 0 saturated carbocycles. The number of ether oxygens (including phenoxy) is 1. The Morgan fingerprint density at radius 3 is 2.95 bits per heavy atom. The van der Waals surface area contributed by atoms with Crippen molar-refractivity contribution in [3.63, 3.8) is 0 Å². The van der Waals surface area contributed by atoms with Gasteiger partial charge in [0.2, 0.25) is 0 Å². The van der Waals surface area contributed by atoms with Crippen LogP contribution in [0.5, 0.6) is 5.75 Å². The van der Waals surface area contributed by atoms with Crippen molar-refractivity contribution in [3.05, 3.63) is 24.0 Å². The first-order valence-corrected chi connectivity index (χ1v) is 7.01. The van der Waals surface area contributed by atoms with Crippen molar-refractivity contribution >= 4 is 0 Å². The van der Waals surface area contributed by atoms with Gasteiger partial charge < -0.3 is 14.5 Å². The second-order valence-electron chi connectivity index (χ2n) is 5.40. The van der Waals surface area contributed by atoms with Crippen molar-refractivity contribution in [2.75, 3.05) is 40.8 Å². The topological polar surface area (TPSA) is 66.7 Å². The van der Waals surface area contributed by atoms with Crippen LogP contribution >= 0.6 is 0 Å². The van der Waals surface area contributed by atoms with Crippen molar-refractivity contribution in [2.45, 2.75) is 18.5 Å². The molecule has 2 unspecified atom stereocenters. The number of likely N-dealkylation sites (N-methyl/N-ethyl adjacent to an activating group) is 2. The molecular formula is C14H25N5O. The lowest BCUT2D eigenvalue weighted by atomic mass is 10.0. The maximum absolute atomic E-state index is 5.83. The molecule has 1 aliphatic rings. The second-order valence-corrected chi connectivity index (χ2v) is 5.40. The van der Waals surface area contributed by atoms with Crippen molar-refractivity contribution < 1.29 is 4.74 Å². The molecule has 1 saturated heterocycles. The molecule has 6 heteroatoms. The summed E-state index contributed by atoms with van der Waals surface area (Å²) in [7, 11) is 5.95. The zero-order valence-corrected chi connectivity index (χ0v) is 12.5. The zero-order chi connectivity index (χ0) is 14.5. The Morgan fingerprint density at radius 2 is 2.25 bits per heavy atom. The van der Waals surface area contributed by atoms with E-state index in [9.17, 15) is 0 Å². The molecule has 2 rings (SSSR count). The molecule has 0 bridgehead atoms. The van der Waals surface area contributed by atoms with Gasteiger partial charge in [0.25, 0.3) is 0 Å². The molecule has 2 atom stereocenters. The van der Waals surface area contributed by atoms with Crippen LogP contribution in [0.15, 0.2) is 18.3 Å². The fraction of sp³-hybridized carbons (Fsp3) is 0.643. The minimum atomic E-state index is -0.0586. The number of hydrogen-bond acceptors (Lipinski definition) is 6. The first-order valence-electron chi connectivity index (χ1n) is 7.01. The number of rotatable bonds is 4. The van der Waals surface area contributed by atoms with Gasteiger partial charge in [0.05, 0.1) is 13.2 Å². The Kier molecular flexibility index (Phi) is 5.31. The number of nitrogens with one attached hydrogen (secondary N) is 1. The van der Waals surface area contributed by atoms with Crippen molar-refractivity contribution in [3.8, 4) is 5.75 Å². The van der Waals surface area contributed by atoms with E-state index in [2.05, 4.69) is 34.3 Å². The van der Waals surface area contributed by atoms with Gasteiger partial charge in [-0.1, -0.05) is 0 Å². The van der Waals surface area contributed by atoms with Gasteiger partial charge in [0, 0.05) is 18.8 Å². The van der Waals surface area contributed by atoms with Gasteiger partial charge >= 0.3 is 0 Å². The van der Waals surface area contributed by atoms with E-state index in [4.69, 9.17) is 10.6 Å². The first kappa shape index (κ1) is 15.2. The van der Waals surface area contributed by atoms with Crippen LogP contribution in [0.3, 0.4) is 0 Å². The van der Waals surface area contributed by atoms with Crippen molar-refractivity contribution in [1.82, 2.24) is 20.2 Å². The molecule has 6 nitrogen and oxygen atoms in total. The minimum Gasteiger partial charge on any atom is -0.495 e. The Labute approximate surface area is 120 Å². The Morgan fingerprint density at radius 1 is 1.45 bits per heavy atom. The third-order valence-corrected chi connectivity index (χ3v) is 3.99. The van der Waals surface area contributed by atoms with Crippen molar-refractivity contribution in [1.29, 1.82) is 0 Å². The van der Waals surface area contributed by atoms with Crippen LogP contribution in [-0.4, -0.2) is 61.7 Å². The maximum atomic E-state index is 5.83. The summed E-state index contributed by atoms with van der Waals surface area (Å²) in [5.41, 5.74) is 3.80. The van der Waals surface area contributed by atoms with Crippen LogP contribution in [0.4, 0.5) is 0 Å². The Balaban J connectivity index is 2.29. The number of hydrazine groups is 1. The van der Waals surface area contributed by atoms with Gasteiger partial charge in [-0.25, -0.2) is 5.43 Å². The van der Waals surface area contributed by atoms with E-state index >= 15 is 0 Å². The zero-order valence-electron chi connectivity index (χ0n) is 12.5. The first-order chi connectivity index (χ1) is 9.67. The molecule has 0 aliphatic carbocycles. The molecule has 1 aromatic rings. The van der Waals surface area contributed by atoms with Gasteiger partial charge in [-0.15, -0.1) is 0 Å². The summed E-state index contributed by atoms with van der Waals surface area (Å²) in [6.45, 7) is 3.12. The number of pyridine rings is 1. The second kappa shape index (κ2) is 6.99. The van der Waals surface area contributed by atoms with Crippen LogP contribution in [0, 0.1) is 0 Å². The summed E-state index contributed by atoms with van der Waals surface area (Å²) in [6.07, 6.45) is 2.95. The number of methoxy groups -OCH3 is 1. The highest BCUT2D eigenvalue weighted by Gasteiger charge is 2.31. The summed E-state index contributed by atoms with van der Waals surface area (Å²) in [4.78, 5) is 9.16. The molecule has 3 N–H and O–H groups in total. The van der Waals surface area contributed by atoms with Gasteiger partial charge in [-0.3, -0.25) is 10.8 Å². The third kappa shape index (κ3) is 3.27. The standard InChI is InChI=1S/C14H25N5O/c1-18-8-5-9-19(2)11(10-18)13(17-15)14-12(20-3)6-4-7-16-14/h4,6-7,11,13,17H,5,8-10,15H2,1-3H3. The largest absolute Gasteiger partial charge is 0.495 e. The fourth-order valence-corrected chi connectivity index (χ4v) is 2.85. The van der Waals surface area contributed by atoms with E-state index in [1.807, 2.05) is 12.1 Å². The minimum absolute atomic E-state index is 0.0586.